The molecule has 0 bridgehead atoms. The molecule has 0 aliphatic heterocycles. The number of hydrogen-bond acceptors (Lipinski definition) is 3. The van der Waals surface area contributed by atoms with Crippen molar-refractivity contribution in [2.24, 2.45) is 0 Å². The normalized spacial score (nSPS) is 15.2. The van der Waals surface area contributed by atoms with Crippen LogP contribution in [-0.4, -0.2) is 27.4 Å². The molecule has 1 fully saturated rings. The molecular weight excluding hydrogens is 348 g/mol. The summed E-state index contributed by atoms with van der Waals surface area (Å²) in [5.74, 6) is -0.199. The molecule has 0 saturated heterocycles. The lowest BCUT2D eigenvalue weighted by Crippen LogP contribution is -2.32. The Morgan fingerprint density at radius 2 is 1.73 bits per heavy atom. The van der Waals surface area contributed by atoms with Gasteiger partial charge in [0, 0.05) is 24.1 Å². The average Bonchev–Trinajstić information content (AvgIpc) is 3.46. The zero-order valence-electron chi connectivity index (χ0n) is 14.4. The first kappa shape index (κ1) is 18.4. The molecule has 5 nitrogen and oxygen atoms in total. The van der Waals surface area contributed by atoms with E-state index >= 15 is 0 Å². The highest BCUT2D eigenvalue weighted by atomic mass is 32.2. The Kier molecular flexibility index (Phi) is 5.25. The molecule has 0 spiro atoms. The summed E-state index contributed by atoms with van der Waals surface area (Å²) >= 11 is 0. The SMILES string of the molecule is C=CCNS(=O)(=O)c1ccc(C(=O)NCC2(c3ccccc3)CC2)cc1. The van der Waals surface area contributed by atoms with E-state index in [4.69, 9.17) is 0 Å². The smallest absolute Gasteiger partial charge is 0.251 e. The minimum atomic E-state index is -3.58. The lowest BCUT2D eigenvalue weighted by atomic mass is 9.96. The van der Waals surface area contributed by atoms with Gasteiger partial charge in [-0.2, -0.15) is 0 Å². The van der Waals surface area contributed by atoms with Crippen LogP contribution in [0.25, 0.3) is 0 Å². The lowest BCUT2D eigenvalue weighted by Gasteiger charge is -2.16. The van der Waals surface area contributed by atoms with Crippen molar-refractivity contribution in [3.8, 4) is 0 Å². The van der Waals surface area contributed by atoms with Crippen LogP contribution in [0.3, 0.4) is 0 Å². The highest BCUT2D eigenvalue weighted by molar-refractivity contribution is 7.89. The summed E-state index contributed by atoms with van der Waals surface area (Å²) in [4.78, 5) is 12.5. The second-order valence-corrected chi connectivity index (χ2v) is 8.26. The van der Waals surface area contributed by atoms with Gasteiger partial charge in [0.1, 0.15) is 0 Å². The quantitative estimate of drug-likeness (QED) is 0.702. The van der Waals surface area contributed by atoms with Crippen LogP contribution in [0, 0.1) is 0 Å². The van der Waals surface area contributed by atoms with Crippen LogP contribution in [0.15, 0.2) is 72.1 Å². The van der Waals surface area contributed by atoms with Crippen LogP contribution in [0.1, 0.15) is 28.8 Å². The van der Waals surface area contributed by atoms with Crippen LogP contribution >= 0.6 is 0 Å². The van der Waals surface area contributed by atoms with Gasteiger partial charge in [-0.25, -0.2) is 13.1 Å². The third-order valence-corrected chi connectivity index (χ3v) is 6.11. The minimum absolute atomic E-state index is 0.0365. The predicted molar refractivity (Wildman–Crippen MR) is 102 cm³/mol. The fourth-order valence-corrected chi connectivity index (χ4v) is 3.90. The monoisotopic (exact) mass is 370 g/mol. The van der Waals surface area contributed by atoms with Crippen molar-refractivity contribution in [1.82, 2.24) is 10.0 Å². The number of benzene rings is 2. The van der Waals surface area contributed by atoms with Gasteiger partial charge in [-0.15, -0.1) is 6.58 Å². The molecule has 2 aromatic carbocycles. The van der Waals surface area contributed by atoms with E-state index in [9.17, 15) is 13.2 Å². The fraction of sp³-hybridized carbons (Fsp3) is 0.250. The molecule has 1 aliphatic carbocycles. The molecule has 0 unspecified atom stereocenters. The summed E-state index contributed by atoms with van der Waals surface area (Å²) in [7, 11) is -3.58. The van der Waals surface area contributed by atoms with E-state index in [0.29, 0.717) is 12.1 Å². The van der Waals surface area contributed by atoms with Gasteiger partial charge in [0.15, 0.2) is 0 Å². The summed E-state index contributed by atoms with van der Waals surface area (Å²) in [6.07, 6.45) is 3.59. The second kappa shape index (κ2) is 7.43. The van der Waals surface area contributed by atoms with Crippen molar-refractivity contribution >= 4 is 15.9 Å². The summed E-state index contributed by atoms with van der Waals surface area (Å²) < 4.78 is 26.5. The molecule has 0 atom stereocenters. The van der Waals surface area contributed by atoms with E-state index in [2.05, 4.69) is 28.8 Å². The van der Waals surface area contributed by atoms with Crippen molar-refractivity contribution in [2.45, 2.75) is 23.2 Å². The minimum Gasteiger partial charge on any atom is -0.351 e. The molecule has 1 amide bonds. The molecule has 2 N–H and O–H groups in total. The van der Waals surface area contributed by atoms with Gasteiger partial charge in [0.05, 0.1) is 4.90 Å². The van der Waals surface area contributed by atoms with Gasteiger partial charge in [0.25, 0.3) is 5.91 Å². The fourth-order valence-electron chi connectivity index (χ4n) is 2.90. The average molecular weight is 370 g/mol. The molecule has 0 radical (unpaired) electrons. The third kappa shape index (κ3) is 4.03. The van der Waals surface area contributed by atoms with Crippen LogP contribution < -0.4 is 10.0 Å². The van der Waals surface area contributed by atoms with Crippen molar-refractivity contribution in [2.75, 3.05) is 13.1 Å². The number of carbonyl (C=O) groups is 1. The van der Waals surface area contributed by atoms with E-state index in [-0.39, 0.29) is 22.8 Å². The largest absolute Gasteiger partial charge is 0.351 e. The maximum atomic E-state index is 12.4. The first-order chi connectivity index (χ1) is 12.5. The number of rotatable bonds is 8. The highest BCUT2D eigenvalue weighted by Crippen LogP contribution is 2.47. The standard InChI is InChI=1S/C20H22N2O3S/c1-2-14-22-26(24,25)18-10-8-16(9-11-18)19(23)21-15-20(12-13-20)17-6-4-3-5-7-17/h2-11,22H,1,12-15H2,(H,21,23). The Balaban J connectivity index is 1.63. The van der Waals surface area contributed by atoms with Gasteiger partial charge in [-0.1, -0.05) is 36.4 Å². The van der Waals surface area contributed by atoms with Gasteiger partial charge < -0.3 is 5.32 Å². The van der Waals surface area contributed by atoms with Crippen LogP contribution in [0.4, 0.5) is 0 Å². The van der Waals surface area contributed by atoms with E-state index in [1.165, 1.54) is 35.9 Å². The molecular formula is C20H22N2O3S. The Bertz CT molecular complexity index is 886. The van der Waals surface area contributed by atoms with Crippen molar-refractivity contribution in [3.63, 3.8) is 0 Å². The van der Waals surface area contributed by atoms with E-state index in [1.807, 2.05) is 18.2 Å². The number of carbonyl (C=O) groups excluding carboxylic acids is 1. The second-order valence-electron chi connectivity index (χ2n) is 6.49. The van der Waals surface area contributed by atoms with Gasteiger partial charge in [0.2, 0.25) is 10.0 Å². The van der Waals surface area contributed by atoms with Gasteiger partial charge in [-0.05, 0) is 42.7 Å². The molecule has 2 aromatic rings. The summed E-state index contributed by atoms with van der Waals surface area (Å²) in [5, 5.41) is 2.98. The summed E-state index contributed by atoms with van der Waals surface area (Å²) in [6, 6.07) is 16.1. The number of hydrogen-bond donors (Lipinski definition) is 2. The molecule has 136 valence electrons. The van der Waals surface area contributed by atoms with Crippen molar-refractivity contribution in [3.05, 3.63) is 78.4 Å². The first-order valence-corrected chi connectivity index (χ1v) is 10.00. The van der Waals surface area contributed by atoms with Crippen molar-refractivity contribution in [1.29, 1.82) is 0 Å². The number of amides is 1. The molecule has 1 saturated carbocycles. The van der Waals surface area contributed by atoms with E-state index in [0.717, 1.165) is 12.8 Å². The van der Waals surface area contributed by atoms with Gasteiger partial charge >= 0.3 is 0 Å². The predicted octanol–water partition coefficient (Wildman–Crippen LogP) is 2.61. The Labute approximate surface area is 154 Å². The van der Waals surface area contributed by atoms with Gasteiger partial charge in [-0.3, -0.25) is 4.79 Å². The Morgan fingerprint density at radius 1 is 1.08 bits per heavy atom. The Morgan fingerprint density at radius 3 is 2.31 bits per heavy atom. The summed E-state index contributed by atoms with van der Waals surface area (Å²) in [6.45, 7) is 4.22. The third-order valence-electron chi connectivity index (χ3n) is 4.67. The molecule has 0 aromatic heterocycles. The first-order valence-electron chi connectivity index (χ1n) is 8.51. The molecule has 0 heterocycles. The van der Waals surface area contributed by atoms with E-state index < -0.39 is 10.0 Å². The molecule has 6 heteroatoms. The van der Waals surface area contributed by atoms with Crippen LogP contribution in [0.2, 0.25) is 0 Å². The maximum Gasteiger partial charge on any atom is 0.251 e. The molecule has 1 aliphatic rings. The summed E-state index contributed by atoms with van der Waals surface area (Å²) in [5.41, 5.74) is 1.72. The zero-order chi connectivity index (χ0) is 18.6. The number of sulfonamides is 1. The molecule has 3 rings (SSSR count). The number of nitrogens with one attached hydrogen (secondary N) is 2. The molecule has 26 heavy (non-hydrogen) atoms. The Hall–Kier alpha value is -2.44. The lowest BCUT2D eigenvalue weighted by molar-refractivity contribution is 0.0949. The van der Waals surface area contributed by atoms with Crippen LogP contribution in [0.5, 0.6) is 0 Å². The highest BCUT2D eigenvalue weighted by Gasteiger charge is 2.44. The van der Waals surface area contributed by atoms with Crippen LogP contribution in [-0.2, 0) is 15.4 Å². The zero-order valence-corrected chi connectivity index (χ0v) is 15.3. The maximum absolute atomic E-state index is 12.4. The topological polar surface area (TPSA) is 75.3 Å². The van der Waals surface area contributed by atoms with E-state index in [1.54, 1.807) is 0 Å². The van der Waals surface area contributed by atoms with Crippen molar-refractivity contribution < 1.29 is 13.2 Å².